The summed E-state index contributed by atoms with van der Waals surface area (Å²) >= 11 is 1.61. The van der Waals surface area contributed by atoms with Gasteiger partial charge in [0, 0.05) is 11.8 Å². The standard InChI is InChI=1S/C8H12N2OS/c1-4-12-8-9-5-6(2)7(10-8)11-3/h5H,4H2,1-3H3. The number of rotatable bonds is 3. The van der Waals surface area contributed by atoms with Crippen LogP contribution in [0, 0.1) is 6.92 Å². The second kappa shape index (κ2) is 4.30. The summed E-state index contributed by atoms with van der Waals surface area (Å²) in [5.41, 5.74) is 0.970. The lowest BCUT2D eigenvalue weighted by Gasteiger charge is -2.03. The lowest BCUT2D eigenvalue weighted by Crippen LogP contribution is -1.95. The van der Waals surface area contributed by atoms with E-state index in [1.54, 1.807) is 25.1 Å². The van der Waals surface area contributed by atoms with E-state index in [9.17, 15) is 0 Å². The van der Waals surface area contributed by atoms with Gasteiger partial charge in [-0.15, -0.1) is 0 Å². The Morgan fingerprint density at radius 2 is 2.33 bits per heavy atom. The Hall–Kier alpha value is -0.770. The van der Waals surface area contributed by atoms with Crippen molar-refractivity contribution in [3.05, 3.63) is 11.8 Å². The first-order valence-electron chi connectivity index (χ1n) is 3.78. The normalized spacial score (nSPS) is 9.92. The molecule has 4 heteroatoms. The third-order valence-electron chi connectivity index (χ3n) is 1.37. The molecule has 0 aliphatic rings. The summed E-state index contributed by atoms with van der Waals surface area (Å²) in [6, 6.07) is 0. The minimum Gasteiger partial charge on any atom is -0.481 e. The second-order valence-electron chi connectivity index (χ2n) is 2.28. The summed E-state index contributed by atoms with van der Waals surface area (Å²) < 4.78 is 5.07. The highest BCUT2D eigenvalue weighted by molar-refractivity contribution is 7.99. The Balaban J connectivity index is 2.89. The Morgan fingerprint density at radius 1 is 1.58 bits per heavy atom. The molecule has 66 valence electrons. The Morgan fingerprint density at radius 3 is 2.92 bits per heavy atom. The van der Waals surface area contributed by atoms with Crippen molar-refractivity contribution in [2.24, 2.45) is 0 Å². The average molecular weight is 184 g/mol. The third kappa shape index (κ3) is 2.11. The van der Waals surface area contributed by atoms with Gasteiger partial charge in [-0.2, -0.15) is 4.98 Å². The zero-order valence-electron chi connectivity index (χ0n) is 7.50. The summed E-state index contributed by atoms with van der Waals surface area (Å²) in [5, 5.41) is 0.778. The van der Waals surface area contributed by atoms with Crippen LogP contribution in [-0.4, -0.2) is 22.8 Å². The molecule has 0 atom stereocenters. The van der Waals surface area contributed by atoms with Crippen molar-refractivity contribution in [1.29, 1.82) is 0 Å². The Labute approximate surface area is 76.6 Å². The number of thioether (sulfide) groups is 1. The molecule has 0 aromatic carbocycles. The molecule has 0 N–H and O–H groups in total. The molecule has 0 saturated heterocycles. The van der Waals surface area contributed by atoms with Crippen LogP contribution in [0.4, 0.5) is 0 Å². The molecule has 1 aromatic heterocycles. The molecule has 0 spiro atoms. The van der Waals surface area contributed by atoms with Gasteiger partial charge in [0.05, 0.1) is 7.11 Å². The lowest BCUT2D eigenvalue weighted by atomic mass is 10.4. The van der Waals surface area contributed by atoms with Crippen LogP contribution in [0.25, 0.3) is 0 Å². The van der Waals surface area contributed by atoms with Gasteiger partial charge in [-0.25, -0.2) is 4.98 Å². The molecule has 0 saturated carbocycles. The average Bonchev–Trinajstić information content (AvgIpc) is 2.09. The molecule has 3 nitrogen and oxygen atoms in total. The van der Waals surface area contributed by atoms with Gasteiger partial charge in [-0.3, -0.25) is 0 Å². The number of methoxy groups -OCH3 is 1. The maximum absolute atomic E-state index is 5.07. The van der Waals surface area contributed by atoms with Gasteiger partial charge in [0.25, 0.3) is 0 Å². The molecule has 0 bridgehead atoms. The summed E-state index contributed by atoms with van der Waals surface area (Å²) in [5.74, 6) is 1.65. The molecule has 0 aliphatic carbocycles. The number of ether oxygens (including phenoxy) is 1. The highest BCUT2D eigenvalue weighted by atomic mass is 32.2. The molecule has 0 aliphatic heterocycles. The van der Waals surface area contributed by atoms with E-state index in [4.69, 9.17) is 4.74 Å². The van der Waals surface area contributed by atoms with E-state index < -0.39 is 0 Å². The zero-order chi connectivity index (χ0) is 8.97. The van der Waals surface area contributed by atoms with Gasteiger partial charge in [0.1, 0.15) is 0 Å². The molecule has 0 radical (unpaired) electrons. The van der Waals surface area contributed by atoms with E-state index >= 15 is 0 Å². The van der Waals surface area contributed by atoms with Gasteiger partial charge >= 0.3 is 0 Å². The molecule has 1 aromatic rings. The molecule has 0 fully saturated rings. The fourth-order valence-corrected chi connectivity index (χ4v) is 1.35. The van der Waals surface area contributed by atoms with Gasteiger partial charge < -0.3 is 4.74 Å². The zero-order valence-corrected chi connectivity index (χ0v) is 8.31. The second-order valence-corrected chi connectivity index (χ2v) is 3.51. The highest BCUT2D eigenvalue weighted by Gasteiger charge is 2.02. The number of aryl methyl sites for hydroxylation is 1. The SMILES string of the molecule is CCSc1ncc(C)c(OC)n1. The van der Waals surface area contributed by atoms with Crippen LogP contribution < -0.4 is 4.74 Å². The van der Waals surface area contributed by atoms with E-state index in [0.29, 0.717) is 5.88 Å². The van der Waals surface area contributed by atoms with Crippen LogP contribution in [0.15, 0.2) is 11.4 Å². The van der Waals surface area contributed by atoms with E-state index in [0.717, 1.165) is 16.5 Å². The number of nitrogens with zero attached hydrogens (tertiary/aromatic N) is 2. The number of aromatic nitrogens is 2. The Kier molecular flexibility index (Phi) is 3.34. The minimum absolute atomic E-state index is 0.668. The first kappa shape index (κ1) is 9.32. The first-order valence-corrected chi connectivity index (χ1v) is 4.77. The van der Waals surface area contributed by atoms with Gasteiger partial charge in [0.15, 0.2) is 5.16 Å². The fraction of sp³-hybridized carbons (Fsp3) is 0.500. The van der Waals surface area contributed by atoms with Gasteiger partial charge in [-0.05, 0) is 12.7 Å². The van der Waals surface area contributed by atoms with Gasteiger partial charge in [-0.1, -0.05) is 18.7 Å². The maximum atomic E-state index is 5.07. The van der Waals surface area contributed by atoms with Crippen LogP contribution in [0.1, 0.15) is 12.5 Å². The molecule has 1 rings (SSSR count). The smallest absolute Gasteiger partial charge is 0.220 e. The van der Waals surface area contributed by atoms with Gasteiger partial charge in [0.2, 0.25) is 5.88 Å². The van der Waals surface area contributed by atoms with E-state index in [-0.39, 0.29) is 0 Å². The van der Waals surface area contributed by atoms with Crippen LogP contribution in [0.5, 0.6) is 5.88 Å². The molecular weight excluding hydrogens is 172 g/mol. The fourth-order valence-electron chi connectivity index (χ4n) is 0.816. The van der Waals surface area contributed by atoms with Crippen molar-refractivity contribution in [2.75, 3.05) is 12.9 Å². The number of hydrogen-bond donors (Lipinski definition) is 0. The largest absolute Gasteiger partial charge is 0.481 e. The van der Waals surface area contributed by atoms with Crippen LogP contribution >= 0.6 is 11.8 Å². The predicted molar refractivity (Wildman–Crippen MR) is 49.7 cm³/mol. The molecule has 0 unspecified atom stereocenters. The molecule has 1 heterocycles. The Bertz CT molecular complexity index is 265. The lowest BCUT2D eigenvalue weighted by molar-refractivity contribution is 0.389. The molecular formula is C8H12N2OS. The predicted octanol–water partition coefficient (Wildman–Crippen LogP) is 1.91. The maximum Gasteiger partial charge on any atom is 0.220 e. The topological polar surface area (TPSA) is 35.0 Å². The highest BCUT2D eigenvalue weighted by Crippen LogP contribution is 2.18. The first-order chi connectivity index (χ1) is 5.77. The monoisotopic (exact) mass is 184 g/mol. The molecule has 12 heavy (non-hydrogen) atoms. The quantitative estimate of drug-likeness (QED) is 0.531. The molecule has 0 amide bonds. The summed E-state index contributed by atoms with van der Waals surface area (Å²) in [6.45, 7) is 4.00. The van der Waals surface area contributed by atoms with Crippen molar-refractivity contribution < 1.29 is 4.74 Å². The summed E-state index contributed by atoms with van der Waals surface area (Å²) in [6.07, 6.45) is 1.78. The van der Waals surface area contributed by atoms with E-state index in [1.165, 1.54) is 0 Å². The van der Waals surface area contributed by atoms with Crippen molar-refractivity contribution in [3.63, 3.8) is 0 Å². The van der Waals surface area contributed by atoms with Crippen molar-refractivity contribution in [1.82, 2.24) is 9.97 Å². The van der Waals surface area contributed by atoms with Crippen LogP contribution in [-0.2, 0) is 0 Å². The van der Waals surface area contributed by atoms with Crippen molar-refractivity contribution >= 4 is 11.8 Å². The minimum atomic E-state index is 0.668. The number of hydrogen-bond acceptors (Lipinski definition) is 4. The van der Waals surface area contributed by atoms with Crippen molar-refractivity contribution in [2.45, 2.75) is 19.0 Å². The van der Waals surface area contributed by atoms with E-state index in [1.807, 2.05) is 6.92 Å². The van der Waals surface area contributed by atoms with Crippen molar-refractivity contribution in [3.8, 4) is 5.88 Å². The van der Waals surface area contributed by atoms with Crippen LogP contribution in [0.3, 0.4) is 0 Å². The van der Waals surface area contributed by atoms with E-state index in [2.05, 4.69) is 16.9 Å². The third-order valence-corrected chi connectivity index (χ3v) is 2.11. The van der Waals surface area contributed by atoms with Crippen LogP contribution in [0.2, 0.25) is 0 Å². The summed E-state index contributed by atoms with van der Waals surface area (Å²) in [4.78, 5) is 8.36. The summed E-state index contributed by atoms with van der Waals surface area (Å²) in [7, 11) is 1.62.